The van der Waals surface area contributed by atoms with Crippen molar-refractivity contribution in [2.75, 3.05) is 6.61 Å². The molecule has 0 saturated heterocycles. The Morgan fingerprint density at radius 2 is 2.04 bits per heavy atom. The van der Waals surface area contributed by atoms with Crippen molar-refractivity contribution in [3.05, 3.63) is 59.6 Å². The molecule has 2 rings (SSSR count). The van der Waals surface area contributed by atoms with Gasteiger partial charge in [0.05, 0.1) is 12.9 Å². The van der Waals surface area contributed by atoms with E-state index < -0.39 is 5.78 Å². The Balaban J connectivity index is 2.06. The molecule has 2 aromatic rings. The molecule has 0 radical (unpaired) electrons. The van der Waals surface area contributed by atoms with Crippen LogP contribution in [-0.4, -0.2) is 12.4 Å². The van der Waals surface area contributed by atoms with E-state index in [1.165, 1.54) is 6.26 Å². The van der Waals surface area contributed by atoms with Gasteiger partial charge in [-0.3, -0.25) is 4.79 Å². The molecule has 4 heteroatoms. The number of nitrogens with zero attached hydrogens (tertiary/aromatic N) is 1. The van der Waals surface area contributed by atoms with E-state index in [0.717, 1.165) is 17.7 Å². The van der Waals surface area contributed by atoms with Crippen molar-refractivity contribution in [3.8, 4) is 11.8 Å². The van der Waals surface area contributed by atoms with Gasteiger partial charge in [0.25, 0.3) is 0 Å². The van der Waals surface area contributed by atoms with E-state index >= 15 is 0 Å². The number of carbonyl (C=O) groups excluding carboxylic acids is 1. The van der Waals surface area contributed by atoms with Crippen LogP contribution >= 0.6 is 0 Å². The Morgan fingerprint density at radius 3 is 2.61 bits per heavy atom. The molecule has 1 aromatic carbocycles. The third kappa shape index (κ3) is 4.86. The lowest BCUT2D eigenvalue weighted by atomic mass is 10.1. The monoisotopic (exact) mass is 309 g/mol. The van der Waals surface area contributed by atoms with E-state index in [2.05, 4.69) is 13.8 Å². The fourth-order valence-electron chi connectivity index (χ4n) is 1.93. The average molecular weight is 309 g/mol. The molecule has 1 heterocycles. The smallest absolute Gasteiger partial charge is 0.238 e. The van der Waals surface area contributed by atoms with Crippen LogP contribution in [0.5, 0.6) is 5.75 Å². The van der Waals surface area contributed by atoms with Gasteiger partial charge in [-0.15, -0.1) is 0 Å². The summed E-state index contributed by atoms with van der Waals surface area (Å²) in [5, 5.41) is 9.17. The van der Waals surface area contributed by atoms with Crippen LogP contribution in [0.2, 0.25) is 0 Å². The molecule has 0 bridgehead atoms. The Kier molecular flexibility index (Phi) is 5.76. The number of Topliss-reactive ketones (excluding diaryl/α,β-unsaturated/α-hetero) is 1. The predicted octanol–water partition coefficient (Wildman–Crippen LogP) is 4.49. The summed E-state index contributed by atoms with van der Waals surface area (Å²) < 4.78 is 10.7. The second kappa shape index (κ2) is 8.00. The number of ether oxygens (including phenoxy) is 1. The largest absolute Gasteiger partial charge is 0.494 e. The fraction of sp³-hybridized carbons (Fsp3) is 0.263. The maximum Gasteiger partial charge on any atom is 0.238 e. The molecule has 0 saturated carbocycles. The lowest BCUT2D eigenvalue weighted by Crippen LogP contribution is -2.01. The standard InChI is InChI=1S/C19H19NO3/c1-14(2)9-11-22-17-7-5-15(6-8-17)12-16(13-20)19(21)18-4-3-10-23-18/h3-8,10,12,14H,9,11H2,1-2H3/b16-12+. The van der Waals surface area contributed by atoms with Crippen LogP contribution in [0, 0.1) is 17.2 Å². The SMILES string of the molecule is CC(C)CCOc1ccc(/C=C(\C#N)C(=O)c2ccco2)cc1. The molecule has 0 aliphatic heterocycles. The minimum absolute atomic E-state index is 0.0356. The molecule has 0 N–H and O–H groups in total. The second-order valence-corrected chi connectivity index (χ2v) is 5.58. The van der Waals surface area contributed by atoms with Crippen molar-refractivity contribution in [1.29, 1.82) is 5.26 Å². The van der Waals surface area contributed by atoms with Crippen molar-refractivity contribution in [1.82, 2.24) is 0 Å². The van der Waals surface area contributed by atoms with Gasteiger partial charge in [-0.25, -0.2) is 0 Å². The van der Waals surface area contributed by atoms with Crippen molar-refractivity contribution < 1.29 is 13.9 Å². The second-order valence-electron chi connectivity index (χ2n) is 5.58. The van der Waals surface area contributed by atoms with E-state index in [1.54, 1.807) is 18.2 Å². The number of rotatable bonds is 7. The van der Waals surface area contributed by atoms with Gasteiger partial charge < -0.3 is 9.15 Å². The zero-order valence-corrected chi connectivity index (χ0v) is 13.3. The predicted molar refractivity (Wildman–Crippen MR) is 88.0 cm³/mol. The van der Waals surface area contributed by atoms with Gasteiger partial charge in [0.15, 0.2) is 5.76 Å². The van der Waals surface area contributed by atoms with Crippen LogP contribution in [0.3, 0.4) is 0 Å². The van der Waals surface area contributed by atoms with Crippen molar-refractivity contribution in [2.45, 2.75) is 20.3 Å². The normalized spacial score (nSPS) is 11.3. The molecule has 118 valence electrons. The summed E-state index contributed by atoms with van der Waals surface area (Å²) in [6.07, 6.45) is 3.95. The third-order valence-corrected chi connectivity index (χ3v) is 3.27. The van der Waals surface area contributed by atoms with Crippen LogP contribution < -0.4 is 4.74 Å². The van der Waals surface area contributed by atoms with Gasteiger partial charge in [0.1, 0.15) is 17.4 Å². The van der Waals surface area contributed by atoms with Crippen molar-refractivity contribution in [3.63, 3.8) is 0 Å². The summed E-state index contributed by atoms with van der Waals surface area (Å²) in [5.74, 6) is 1.11. The molecule has 0 fully saturated rings. The van der Waals surface area contributed by atoms with Crippen LogP contribution in [0.4, 0.5) is 0 Å². The number of ketones is 1. The highest BCUT2D eigenvalue weighted by atomic mass is 16.5. The highest BCUT2D eigenvalue weighted by Gasteiger charge is 2.14. The number of furan rings is 1. The zero-order valence-electron chi connectivity index (χ0n) is 13.3. The van der Waals surface area contributed by atoms with Gasteiger partial charge in [-0.05, 0) is 48.2 Å². The van der Waals surface area contributed by atoms with E-state index in [4.69, 9.17) is 9.15 Å². The number of benzene rings is 1. The maximum atomic E-state index is 12.1. The van der Waals surface area contributed by atoms with Crippen molar-refractivity contribution >= 4 is 11.9 Å². The number of carbonyl (C=O) groups is 1. The first-order chi connectivity index (χ1) is 11.1. The van der Waals surface area contributed by atoms with Crippen LogP contribution in [0.15, 0.2) is 52.7 Å². The number of allylic oxidation sites excluding steroid dienone is 1. The highest BCUT2D eigenvalue weighted by Crippen LogP contribution is 2.17. The molecule has 0 amide bonds. The van der Waals surface area contributed by atoms with Crippen LogP contribution in [0.1, 0.15) is 36.4 Å². The molecular weight excluding hydrogens is 290 g/mol. The van der Waals surface area contributed by atoms with E-state index in [-0.39, 0.29) is 11.3 Å². The van der Waals surface area contributed by atoms with Crippen LogP contribution in [0.25, 0.3) is 6.08 Å². The maximum absolute atomic E-state index is 12.1. The van der Waals surface area contributed by atoms with E-state index in [0.29, 0.717) is 12.5 Å². The first kappa shape index (κ1) is 16.6. The Hall–Kier alpha value is -2.80. The fourth-order valence-corrected chi connectivity index (χ4v) is 1.93. The lowest BCUT2D eigenvalue weighted by Gasteiger charge is -2.08. The number of nitriles is 1. The first-order valence-electron chi connectivity index (χ1n) is 7.53. The molecule has 0 unspecified atom stereocenters. The van der Waals surface area contributed by atoms with Gasteiger partial charge in [-0.2, -0.15) is 5.26 Å². The number of hydrogen-bond donors (Lipinski definition) is 0. The molecule has 0 spiro atoms. The third-order valence-electron chi connectivity index (χ3n) is 3.27. The number of hydrogen-bond acceptors (Lipinski definition) is 4. The van der Waals surface area contributed by atoms with Gasteiger partial charge in [0.2, 0.25) is 5.78 Å². The summed E-state index contributed by atoms with van der Waals surface area (Å²) in [6.45, 7) is 4.97. The van der Waals surface area contributed by atoms with E-state index in [9.17, 15) is 10.1 Å². The minimum atomic E-state index is -0.422. The summed E-state index contributed by atoms with van der Waals surface area (Å²) in [4.78, 5) is 12.1. The molecule has 0 atom stereocenters. The molecule has 1 aromatic heterocycles. The van der Waals surface area contributed by atoms with E-state index in [1.807, 2.05) is 30.3 Å². The summed E-state index contributed by atoms with van der Waals surface area (Å²) in [7, 11) is 0. The minimum Gasteiger partial charge on any atom is -0.494 e. The average Bonchev–Trinajstić information content (AvgIpc) is 3.07. The Bertz CT molecular complexity index is 704. The Labute approximate surface area is 136 Å². The highest BCUT2D eigenvalue weighted by molar-refractivity contribution is 6.12. The van der Waals surface area contributed by atoms with Gasteiger partial charge in [0, 0.05) is 0 Å². The first-order valence-corrected chi connectivity index (χ1v) is 7.53. The van der Waals surface area contributed by atoms with Crippen molar-refractivity contribution in [2.24, 2.45) is 5.92 Å². The van der Waals surface area contributed by atoms with Crippen LogP contribution in [-0.2, 0) is 0 Å². The molecule has 4 nitrogen and oxygen atoms in total. The molecule has 0 aliphatic carbocycles. The molecule has 23 heavy (non-hydrogen) atoms. The topological polar surface area (TPSA) is 63.2 Å². The Morgan fingerprint density at radius 1 is 1.30 bits per heavy atom. The molecular formula is C19H19NO3. The summed E-state index contributed by atoms with van der Waals surface area (Å²) >= 11 is 0. The van der Waals surface area contributed by atoms with Gasteiger partial charge in [-0.1, -0.05) is 26.0 Å². The summed E-state index contributed by atoms with van der Waals surface area (Å²) in [5.41, 5.74) is 0.797. The summed E-state index contributed by atoms with van der Waals surface area (Å²) in [6, 6.07) is 12.4. The lowest BCUT2D eigenvalue weighted by molar-refractivity contribution is 0.101. The zero-order chi connectivity index (χ0) is 16.7. The quantitative estimate of drug-likeness (QED) is 0.429. The molecule has 0 aliphatic rings. The van der Waals surface area contributed by atoms with Gasteiger partial charge >= 0.3 is 0 Å².